The third kappa shape index (κ3) is 9.46. The number of carbonyl (C=O) groups excluding carboxylic acids is 4. The predicted molar refractivity (Wildman–Crippen MR) is 82.9 cm³/mol. The molecule has 0 fully saturated rings. The number of rotatable bonds is 11. The smallest absolute Gasteiger partial charge is 0.242 e. The Morgan fingerprint density at radius 2 is 1.64 bits per heavy atom. The maximum Gasteiger partial charge on any atom is 0.242 e. The highest BCUT2D eigenvalue weighted by Gasteiger charge is 2.15. The van der Waals surface area contributed by atoms with Gasteiger partial charge in [-0.3, -0.25) is 19.2 Å². The summed E-state index contributed by atoms with van der Waals surface area (Å²) in [6, 6.07) is 0. The minimum absolute atomic E-state index is 0.0288. The molecule has 7 heteroatoms. The van der Waals surface area contributed by atoms with Crippen molar-refractivity contribution in [3.05, 3.63) is 25.3 Å². The quantitative estimate of drug-likeness (QED) is 0.516. The summed E-state index contributed by atoms with van der Waals surface area (Å²) in [6.07, 6.45) is 3.92. The monoisotopic (exact) mass is 309 g/mol. The Morgan fingerprint density at radius 1 is 1.00 bits per heavy atom. The maximum atomic E-state index is 11.9. The zero-order valence-corrected chi connectivity index (χ0v) is 12.9. The summed E-state index contributed by atoms with van der Waals surface area (Å²) in [5.74, 6) is -1.27. The van der Waals surface area contributed by atoms with Gasteiger partial charge in [0.15, 0.2) is 0 Å². The summed E-state index contributed by atoms with van der Waals surface area (Å²) in [6.45, 7) is 8.15. The van der Waals surface area contributed by atoms with Crippen molar-refractivity contribution in [3.8, 4) is 0 Å². The third-order valence-corrected chi connectivity index (χ3v) is 2.57. The van der Waals surface area contributed by atoms with E-state index in [4.69, 9.17) is 0 Å². The van der Waals surface area contributed by atoms with Crippen molar-refractivity contribution in [2.24, 2.45) is 0 Å². The van der Waals surface area contributed by atoms with E-state index in [1.54, 1.807) is 6.08 Å². The number of ketones is 1. The molecular weight excluding hydrogens is 286 g/mol. The number of hydrogen-bond acceptors (Lipinski definition) is 4. The maximum absolute atomic E-state index is 11.9. The van der Waals surface area contributed by atoms with Gasteiger partial charge in [-0.05, 0) is 13.3 Å². The first-order valence-electron chi connectivity index (χ1n) is 6.93. The van der Waals surface area contributed by atoms with Crippen molar-refractivity contribution in [2.75, 3.05) is 26.2 Å². The lowest BCUT2D eigenvalue weighted by molar-refractivity contribution is -0.135. The van der Waals surface area contributed by atoms with Gasteiger partial charge in [-0.2, -0.15) is 0 Å². The van der Waals surface area contributed by atoms with Crippen molar-refractivity contribution >= 4 is 23.5 Å². The highest BCUT2D eigenvalue weighted by molar-refractivity contribution is 5.90. The fourth-order valence-corrected chi connectivity index (χ4v) is 1.53. The zero-order chi connectivity index (χ0) is 17.0. The standard InChI is InChI=1S/C15H23N3O4/c1-4-6-7-13(20)16-9-14(21)17-10-15(22)18(8-5-2)11-12(3)19/h4-5H,1-2,6-11H2,3H3,(H,16,20)(H,17,21). The Balaban J connectivity index is 4.12. The predicted octanol–water partition coefficient (Wildman–Crippen LogP) is -0.211. The number of carbonyl (C=O) groups is 4. The lowest BCUT2D eigenvalue weighted by Crippen LogP contribution is -2.44. The Hall–Kier alpha value is -2.44. The molecular formula is C15H23N3O4. The summed E-state index contributed by atoms with van der Waals surface area (Å²) in [5.41, 5.74) is 0. The van der Waals surface area contributed by atoms with Crippen molar-refractivity contribution in [2.45, 2.75) is 19.8 Å². The van der Waals surface area contributed by atoms with E-state index in [2.05, 4.69) is 23.8 Å². The van der Waals surface area contributed by atoms with Crippen LogP contribution in [0, 0.1) is 0 Å². The molecule has 0 saturated heterocycles. The SMILES string of the molecule is C=CCCC(=O)NCC(=O)NCC(=O)N(CC=C)CC(C)=O. The van der Waals surface area contributed by atoms with Gasteiger partial charge in [-0.15, -0.1) is 13.2 Å². The number of Topliss-reactive ketones (excluding diaryl/α,β-unsaturated/α-hetero) is 1. The van der Waals surface area contributed by atoms with Crippen molar-refractivity contribution in [1.82, 2.24) is 15.5 Å². The van der Waals surface area contributed by atoms with Crippen molar-refractivity contribution in [3.63, 3.8) is 0 Å². The van der Waals surface area contributed by atoms with Crippen LogP contribution in [0.4, 0.5) is 0 Å². The molecule has 22 heavy (non-hydrogen) atoms. The lowest BCUT2D eigenvalue weighted by Gasteiger charge is -2.19. The van der Waals surface area contributed by atoms with Gasteiger partial charge in [0.25, 0.3) is 0 Å². The summed E-state index contributed by atoms with van der Waals surface area (Å²) >= 11 is 0. The van der Waals surface area contributed by atoms with Crippen LogP contribution in [0.1, 0.15) is 19.8 Å². The third-order valence-electron chi connectivity index (χ3n) is 2.57. The molecule has 0 heterocycles. The average molecular weight is 309 g/mol. The first kappa shape index (κ1) is 19.6. The van der Waals surface area contributed by atoms with Gasteiger partial charge >= 0.3 is 0 Å². The number of nitrogens with zero attached hydrogens (tertiary/aromatic N) is 1. The van der Waals surface area contributed by atoms with Gasteiger partial charge in [0.1, 0.15) is 5.78 Å². The summed E-state index contributed by atoms with van der Waals surface area (Å²) < 4.78 is 0. The molecule has 0 saturated carbocycles. The van der Waals surface area contributed by atoms with E-state index in [9.17, 15) is 19.2 Å². The van der Waals surface area contributed by atoms with Crippen LogP contribution < -0.4 is 10.6 Å². The second-order valence-corrected chi connectivity index (χ2v) is 4.65. The lowest BCUT2D eigenvalue weighted by atomic mass is 10.3. The van der Waals surface area contributed by atoms with E-state index in [1.165, 1.54) is 17.9 Å². The van der Waals surface area contributed by atoms with Gasteiger partial charge in [-0.25, -0.2) is 0 Å². The highest BCUT2D eigenvalue weighted by Crippen LogP contribution is 1.91. The first-order chi connectivity index (χ1) is 10.4. The Kier molecular flexibility index (Phi) is 10.00. The van der Waals surface area contributed by atoms with Crippen molar-refractivity contribution < 1.29 is 19.2 Å². The van der Waals surface area contributed by atoms with Crippen LogP contribution in [0.5, 0.6) is 0 Å². The van der Waals surface area contributed by atoms with E-state index >= 15 is 0 Å². The number of amides is 3. The molecule has 0 spiro atoms. The van der Waals surface area contributed by atoms with Crippen LogP contribution in [-0.4, -0.2) is 54.6 Å². The molecule has 7 nitrogen and oxygen atoms in total. The molecule has 0 aliphatic carbocycles. The highest BCUT2D eigenvalue weighted by atomic mass is 16.2. The second kappa shape index (κ2) is 11.2. The van der Waals surface area contributed by atoms with Crippen LogP contribution in [0.25, 0.3) is 0 Å². The molecule has 0 aromatic rings. The minimum Gasteiger partial charge on any atom is -0.347 e. The van der Waals surface area contributed by atoms with Gasteiger partial charge in [0.05, 0.1) is 19.6 Å². The van der Waals surface area contributed by atoms with E-state index < -0.39 is 5.91 Å². The van der Waals surface area contributed by atoms with Gasteiger partial charge in [0, 0.05) is 13.0 Å². The molecule has 0 bridgehead atoms. The fourth-order valence-electron chi connectivity index (χ4n) is 1.53. The summed E-state index contributed by atoms with van der Waals surface area (Å²) in [7, 11) is 0. The van der Waals surface area contributed by atoms with E-state index in [0.29, 0.717) is 6.42 Å². The van der Waals surface area contributed by atoms with Crippen molar-refractivity contribution in [1.29, 1.82) is 0 Å². The number of nitrogens with one attached hydrogen (secondary N) is 2. The molecule has 0 aliphatic heterocycles. The molecule has 0 aromatic carbocycles. The van der Waals surface area contributed by atoms with Gasteiger partial charge < -0.3 is 15.5 Å². The topological polar surface area (TPSA) is 95.6 Å². The molecule has 0 rings (SSSR count). The molecule has 0 unspecified atom stereocenters. The number of allylic oxidation sites excluding steroid dienone is 1. The minimum atomic E-state index is -0.471. The Morgan fingerprint density at radius 3 is 2.18 bits per heavy atom. The van der Waals surface area contributed by atoms with Crippen LogP contribution in [0.2, 0.25) is 0 Å². The zero-order valence-electron chi connectivity index (χ0n) is 12.9. The fraction of sp³-hybridized carbons (Fsp3) is 0.467. The van der Waals surface area contributed by atoms with Crippen LogP contribution in [0.3, 0.4) is 0 Å². The largest absolute Gasteiger partial charge is 0.347 e. The van der Waals surface area contributed by atoms with Gasteiger partial charge in [0.2, 0.25) is 17.7 Å². The molecule has 0 atom stereocenters. The molecule has 3 amide bonds. The van der Waals surface area contributed by atoms with E-state index in [0.717, 1.165) is 0 Å². The summed E-state index contributed by atoms with van der Waals surface area (Å²) in [5, 5.41) is 4.83. The molecule has 0 aliphatic rings. The molecule has 0 aromatic heterocycles. The van der Waals surface area contributed by atoms with E-state index in [1.807, 2.05) is 0 Å². The summed E-state index contributed by atoms with van der Waals surface area (Å²) in [4.78, 5) is 47.0. The normalized spacial score (nSPS) is 9.50. The number of hydrogen-bond donors (Lipinski definition) is 2. The average Bonchev–Trinajstić information content (AvgIpc) is 2.47. The molecule has 0 radical (unpaired) electrons. The van der Waals surface area contributed by atoms with E-state index in [-0.39, 0.29) is 50.2 Å². The van der Waals surface area contributed by atoms with Crippen LogP contribution >= 0.6 is 0 Å². The van der Waals surface area contributed by atoms with Crippen LogP contribution in [-0.2, 0) is 19.2 Å². The second-order valence-electron chi connectivity index (χ2n) is 4.65. The molecule has 122 valence electrons. The Bertz CT molecular complexity index is 446. The van der Waals surface area contributed by atoms with Crippen LogP contribution in [0.15, 0.2) is 25.3 Å². The Labute approximate surface area is 130 Å². The van der Waals surface area contributed by atoms with Gasteiger partial charge in [-0.1, -0.05) is 12.2 Å². The first-order valence-corrected chi connectivity index (χ1v) is 6.93. The molecule has 2 N–H and O–H groups in total.